The first-order chi connectivity index (χ1) is 8.31. The predicted octanol–water partition coefficient (Wildman–Crippen LogP) is 2.95. The Kier molecular flexibility index (Phi) is 3.45. The number of piperidine rings is 1. The van der Waals surface area contributed by atoms with Gasteiger partial charge in [0.1, 0.15) is 0 Å². The van der Waals surface area contributed by atoms with Crippen LogP contribution in [0.3, 0.4) is 0 Å². The van der Waals surface area contributed by atoms with Crippen molar-refractivity contribution < 1.29 is 5.11 Å². The lowest BCUT2D eigenvalue weighted by atomic mass is 9.75. The molecule has 0 aromatic carbocycles. The second-order valence-electron chi connectivity index (χ2n) is 6.48. The maximum absolute atomic E-state index is 11.2. The molecule has 0 aromatic rings. The number of nitrogens with zero attached hydrogens (tertiary/aromatic N) is 1. The molecule has 2 atom stereocenters. The molecule has 0 bridgehead atoms. The molecule has 2 nitrogen and oxygen atoms in total. The van der Waals surface area contributed by atoms with E-state index >= 15 is 0 Å². The van der Waals surface area contributed by atoms with Crippen LogP contribution in [0.15, 0.2) is 0 Å². The molecule has 2 saturated heterocycles. The number of rotatable bonds is 1. The predicted molar refractivity (Wildman–Crippen MR) is 70.0 cm³/mol. The molecular formula is C15H27NO. The van der Waals surface area contributed by atoms with Crippen LogP contribution in [-0.4, -0.2) is 34.7 Å². The molecule has 3 fully saturated rings. The van der Waals surface area contributed by atoms with Gasteiger partial charge in [-0.25, -0.2) is 0 Å². The molecule has 2 unspecified atom stereocenters. The first kappa shape index (κ1) is 12.0. The molecule has 2 heteroatoms. The van der Waals surface area contributed by atoms with Gasteiger partial charge in [-0.1, -0.05) is 32.1 Å². The van der Waals surface area contributed by atoms with Crippen LogP contribution in [0.5, 0.6) is 0 Å². The molecule has 0 spiro atoms. The summed E-state index contributed by atoms with van der Waals surface area (Å²) in [6.07, 6.45) is 13.0. The van der Waals surface area contributed by atoms with E-state index in [1.165, 1.54) is 64.3 Å². The zero-order chi connectivity index (χ0) is 11.7. The summed E-state index contributed by atoms with van der Waals surface area (Å²) in [5.74, 6) is 0.595. The molecule has 0 radical (unpaired) electrons. The number of aliphatic hydroxyl groups is 1. The SMILES string of the molecule is OC1(C2CCCCCC2)CCN2CCCCC21. The molecule has 3 aliphatic rings. The van der Waals surface area contributed by atoms with Crippen molar-refractivity contribution in [1.82, 2.24) is 4.90 Å². The van der Waals surface area contributed by atoms with Gasteiger partial charge in [0.15, 0.2) is 0 Å². The quantitative estimate of drug-likeness (QED) is 0.709. The van der Waals surface area contributed by atoms with Crippen LogP contribution in [0, 0.1) is 5.92 Å². The summed E-state index contributed by atoms with van der Waals surface area (Å²) >= 11 is 0. The van der Waals surface area contributed by atoms with Gasteiger partial charge in [0, 0.05) is 12.6 Å². The van der Waals surface area contributed by atoms with E-state index in [-0.39, 0.29) is 5.60 Å². The van der Waals surface area contributed by atoms with E-state index in [4.69, 9.17) is 0 Å². The molecule has 1 saturated carbocycles. The number of hydrogen-bond acceptors (Lipinski definition) is 2. The summed E-state index contributed by atoms with van der Waals surface area (Å²) in [7, 11) is 0. The maximum atomic E-state index is 11.2. The van der Waals surface area contributed by atoms with Gasteiger partial charge in [-0.05, 0) is 44.6 Å². The third-order valence-corrected chi connectivity index (χ3v) is 5.55. The van der Waals surface area contributed by atoms with E-state index in [0.29, 0.717) is 12.0 Å². The summed E-state index contributed by atoms with van der Waals surface area (Å²) in [6.45, 7) is 2.39. The second kappa shape index (κ2) is 4.89. The van der Waals surface area contributed by atoms with Crippen molar-refractivity contribution in [3.8, 4) is 0 Å². The number of hydrogen-bond donors (Lipinski definition) is 1. The van der Waals surface area contributed by atoms with E-state index in [0.717, 1.165) is 13.0 Å². The fraction of sp³-hybridized carbons (Fsp3) is 1.00. The Hall–Kier alpha value is -0.0800. The third kappa shape index (κ3) is 2.15. The Morgan fingerprint density at radius 2 is 1.53 bits per heavy atom. The van der Waals surface area contributed by atoms with Gasteiger partial charge < -0.3 is 5.11 Å². The Morgan fingerprint density at radius 3 is 2.29 bits per heavy atom. The lowest BCUT2D eigenvalue weighted by Crippen LogP contribution is -2.51. The summed E-state index contributed by atoms with van der Waals surface area (Å²) in [5.41, 5.74) is -0.329. The highest BCUT2D eigenvalue weighted by Gasteiger charge is 2.50. The minimum absolute atomic E-state index is 0.329. The van der Waals surface area contributed by atoms with Crippen LogP contribution >= 0.6 is 0 Å². The van der Waals surface area contributed by atoms with Gasteiger partial charge in [-0.3, -0.25) is 4.90 Å². The van der Waals surface area contributed by atoms with Gasteiger partial charge in [0.05, 0.1) is 5.60 Å². The highest BCUT2D eigenvalue weighted by Crippen LogP contribution is 2.44. The molecule has 17 heavy (non-hydrogen) atoms. The van der Waals surface area contributed by atoms with E-state index in [9.17, 15) is 5.11 Å². The van der Waals surface area contributed by atoms with Crippen molar-refractivity contribution in [1.29, 1.82) is 0 Å². The first-order valence-electron chi connectivity index (χ1n) is 7.77. The topological polar surface area (TPSA) is 23.5 Å². The largest absolute Gasteiger partial charge is 0.388 e. The van der Waals surface area contributed by atoms with Crippen LogP contribution in [0.2, 0.25) is 0 Å². The smallest absolute Gasteiger partial charge is 0.0842 e. The van der Waals surface area contributed by atoms with Crippen LogP contribution < -0.4 is 0 Å². The molecule has 98 valence electrons. The molecule has 2 heterocycles. The van der Waals surface area contributed by atoms with Crippen molar-refractivity contribution in [2.45, 2.75) is 75.9 Å². The minimum atomic E-state index is -0.329. The normalized spacial score (nSPS) is 41.1. The molecule has 0 amide bonds. The summed E-state index contributed by atoms with van der Waals surface area (Å²) < 4.78 is 0. The fourth-order valence-electron chi connectivity index (χ4n) is 4.57. The lowest BCUT2D eigenvalue weighted by molar-refractivity contribution is -0.0611. The lowest BCUT2D eigenvalue weighted by Gasteiger charge is -2.42. The Morgan fingerprint density at radius 1 is 0.824 bits per heavy atom. The highest BCUT2D eigenvalue weighted by atomic mass is 16.3. The fourth-order valence-corrected chi connectivity index (χ4v) is 4.57. The summed E-state index contributed by atoms with van der Waals surface area (Å²) in [5, 5.41) is 11.2. The van der Waals surface area contributed by atoms with E-state index in [1.54, 1.807) is 0 Å². The van der Waals surface area contributed by atoms with E-state index in [2.05, 4.69) is 4.90 Å². The second-order valence-corrected chi connectivity index (χ2v) is 6.48. The Bertz CT molecular complexity index is 260. The molecule has 0 aromatic heterocycles. The third-order valence-electron chi connectivity index (χ3n) is 5.55. The van der Waals surface area contributed by atoms with Crippen LogP contribution in [0.1, 0.15) is 64.2 Å². The van der Waals surface area contributed by atoms with Gasteiger partial charge in [-0.2, -0.15) is 0 Å². The monoisotopic (exact) mass is 237 g/mol. The van der Waals surface area contributed by atoms with Crippen molar-refractivity contribution in [2.75, 3.05) is 13.1 Å². The molecule has 3 rings (SSSR count). The van der Waals surface area contributed by atoms with Crippen LogP contribution in [-0.2, 0) is 0 Å². The van der Waals surface area contributed by atoms with Gasteiger partial charge >= 0.3 is 0 Å². The minimum Gasteiger partial charge on any atom is -0.388 e. The first-order valence-corrected chi connectivity index (χ1v) is 7.77. The van der Waals surface area contributed by atoms with E-state index in [1.807, 2.05) is 0 Å². The Labute approximate surface area is 105 Å². The zero-order valence-electron chi connectivity index (χ0n) is 11.0. The molecule has 2 aliphatic heterocycles. The van der Waals surface area contributed by atoms with Gasteiger partial charge in [0.25, 0.3) is 0 Å². The zero-order valence-corrected chi connectivity index (χ0v) is 11.0. The van der Waals surface area contributed by atoms with Gasteiger partial charge in [-0.15, -0.1) is 0 Å². The maximum Gasteiger partial charge on any atom is 0.0842 e. The van der Waals surface area contributed by atoms with E-state index < -0.39 is 0 Å². The Balaban J connectivity index is 1.74. The van der Waals surface area contributed by atoms with Crippen molar-refractivity contribution in [2.24, 2.45) is 5.92 Å². The summed E-state index contributed by atoms with van der Waals surface area (Å²) in [4.78, 5) is 2.58. The molecular weight excluding hydrogens is 210 g/mol. The molecule has 1 N–H and O–H groups in total. The van der Waals surface area contributed by atoms with Crippen LogP contribution in [0.25, 0.3) is 0 Å². The average molecular weight is 237 g/mol. The average Bonchev–Trinajstić information content (AvgIpc) is 2.58. The van der Waals surface area contributed by atoms with Crippen molar-refractivity contribution in [3.63, 3.8) is 0 Å². The standard InChI is InChI=1S/C15H27NO/c17-15(13-7-3-1-2-4-8-13)10-12-16-11-6-5-9-14(15)16/h13-14,17H,1-12H2. The van der Waals surface area contributed by atoms with Gasteiger partial charge in [0.2, 0.25) is 0 Å². The van der Waals surface area contributed by atoms with Crippen molar-refractivity contribution >= 4 is 0 Å². The highest BCUT2D eigenvalue weighted by molar-refractivity contribution is 5.04. The summed E-state index contributed by atoms with van der Waals surface area (Å²) in [6, 6.07) is 0.499. The molecule has 1 aliphatic carbocycles. The van der Waals surface area contributed by atoms with Crippen LogP contribution in [0.4, 0.5) is 0 Å². The number of fused-ring (bicyclic) bond motifs is 1. The van der Waals surface area contributed by atoms with Crippen molar-refractivity contribution in [3.05, 3.63) is 0 Å².